The third-order valence-corrected chi connectivity index (χ3v) is 11.6. The Kier molecular flexibility index (Phi) is 7.12. The minimum Gasteiger partial charge on any atom is -0.481 e. The van der Waals surface area contributed by atoms with Gasteiger partial charge >= 0.3 is 11.9 Å². The van der Waals surface area contributed by atoms with E-state index in [1.165, 1.54) is 11.1 Å². The van der Waals surface area contributed by atoms with E-state index in [4.69, 9.17) is 4.74 Å². The highest BCUT2D eigenvalue weighted by molar-refractivity contribution is 5.85. The van der Waals surface area contributed by atoms with Crippen LogP contribution in [-0.4, -0.2) is 46.6 Å². The van der Waals surface area contributed by atoms with Gasteiger partial charge in [-0.3, -0.25) is 4.79 Å². The molecular formula is C31H46O6. The molecule has 6 nitrogen and oxygen atoms in total. The van der Waals surface area contributed by atoms with Crippen LogP contribution in [0.2, 0.25) is 0 Å². The summed E-state index contributed by atoms with van der Waals surface area (Å²) in [6.45, 7) is 14.8. The van der Waals surface area contributed by atoms with Gasteiger partial charge in [0.1, 0.15) is 0 Å². The van der Waals surface area contributed by atoms with Crippen LogP contribution in [0, 0.1) is 33.5 Å². The van der Waals surface area contributed by atoms with Crippen molar-refractivity contribution >= 4 is 11.9 Å². The molecule has 0 aliphatic heterocycles. The summed E-state index contributed by atoms with van der Waals surface area (Å²) in [7, 11) is 1.77. The SMILES string of the molecule is C=C(C)[C@@H]1C[C@H](O)[C@@H]2[C@]3(CC[C@]4(C)/C(=C(\C)CC/C=C(/C)C(=O)O)[C@@H](OC)C[C@@]24C)C[C@]13CCC(=O)O. The number of rotatable bonds is 9. The number of hydrogen-bond acceptors (Lipinski definition) is 4. The fraction of sp³-hybridized carbons (Fsp3) is 0.742. The van der Waals surface area contributed by atoms with E-state index in [0.29, 0.717) is 24.8 Å². The van der Waals surface area contributed by atoms with Crippen LogP contribution in [0.1, 0.15) is 92.4 Å². The zero-order valence-electron chi connectivity index (χ0n) is 23.5. The van der Waals surface area contributed by atoms with Crippen LogP contribution in [0.5, 0.6) is 0 Å². The Labute approximate surface area is 221 Å². The summed E-state index contributed by atoms with van der Waals surface area (Å²) in [5, 5.41) is 30.6. The molecule has 6 heteroatoms. The van der Waals surface area contributed by atoms with Crippen LogP contribution in [0.15, 0.2) is 34.9 Å². The number of methoxy groups -OCH3 is 1. The lowest BCUT2D eigenvalue weighted by molar-refractivity contribution is -0.152. The summed E-state index contributed by atoms with van der Waals surface area (Å²) in [6.07, 6.45) is 8.02. The van der Waals surface area contributed by atoms with Crippen molar-refractivity contribution in [1.29, 1.82) is 0 Å². The zero-order chi connectivity index (χ0) is 27.6. The van der Waals surface area contributed by atoms with Crippen LogP contribution >= 0.6 is 0 Å². The molecule has 0 aromatic rings. The summed E-state index contributed by atoms with van der Waals surface area (Å²) in [5.74, 6) is -1.39. The minimum absolute atomic E-state index is 0.0343. The van der Waals surface area contributed by atoms with Crippen molar-refractivity contribution in [2.24, 2.45) is 33.5 Å². The fourth-order valence-electron chi connectivity index (χ4n) is 9.83. The number of fused-ring (bicyclic) bond motifs is 2. The van der Waals surface area contributed by atoms with Crippen molar-refractivity contribution in [1.82, 2.24) is 0 Å². The van der Waals surface area contributed by atoms with Crippen LogP contribution in [0.3, 0.4) is 0 Å². The lowest BCUT2D eigenvalue weighted by Gasteiger charge is -2.61. The highest BCUT2D eigenvalue weighted by Gasteiger charge is 2.82. The first-order valence-electron chi connectivity index (χ1n) is 13.9. The van der Waals surface area contributed by atoms with Gasteiger partial charge in [0, 0.05) is 19.1 Å². The maximum atomic E-state index is 11.8. The molecule has 0 aromatic heterocycles. The molecular weight excluding hydrogens is 468 g/mol. The van der Waals surface area contributed by atoms with E-state index in [0.717, 1.165) is 37.7 Å². The van der Waals surface area contributed by atoms with Gasteiger partial charge in [-0.25, -0.2) is 4.79 Å². The van der Waals surface area contributed by atoms with Crippen LogP contribution in [0.4, 0.5) is 0 Å². The topological polar surface area (TPSA) is 104 Å². The first-order valence-corrected chi connectivity index (χ1v) is 13.9. The van der Waals surface area contributed by atoms with Gasteiger partial charge in [0.15, 0.2) is 0 Å². The summed E-state index contributed by atoms with van der Waals surface area (Å²) in [5.41, 5.74) is 3.57. The molecule has 0 aromatic carbocycles. The third kappa shape index (κ3) is 3.96. The van der Waals surface area contributed by atoms with Crippen molar-refractivity contribution in [2.75, 3.05) is 7.11 Å². The molecule has 1 spiro atoms. The van der Waals surface area contributed by atoms with Gasteiger partial charge in [-0.15, -0.1) is 0 Å². The van der Waals surface area contributed by atoms with E-state index in [1.54, 1.807) is 20.1 Å². The van der Waals surface area contributed by atoms with Gasteiger partial charge < -0.3 is 20.1 Å². The van der Waals surface area contributed by atoms with Crippen molar-refractivity contribution in [3.05, 3.63) is 34.9 Å². The molecule has 0 amide bonds. The molecule has 4 saturated carbocycles. The quantitative estimate of drug-likeness (QED) is 0.252. The molecule has 37 heavy (non-hydrogen) atoms. The number of ether oxygens (including phenoxy) is 1. The second-order valence-electron chi connectivity index (χ2n) is 13.2. The highest BCUT2D eigenvalue weighted by atomic mass is 16.5. The van der Waals surface area contributed by atoms with Gasteiger partial charge in [0.25, 0.3) is 0 Å². The smallest absolute Gasteiger partial charge is 0.330 e. The van der Waals surface area contributed by atoms with Gasteiger partial charge in [0.2, 0.25) is 0 Å². The average Bonchev–Trinajstić information content (AvgIpc) is 3.40. The largest absolute Gasteiger partial charge is 0.481 e. The predicted octanol–water partition coefficient (Wildman–Crippen LogP) is 6.15. The van der Waals surface area contributed by atoms with E-state index in [-0.39, 0.29) is 46.0 Å². The maximum absolute atomic E-state index is 11.8. The molecule has 4 aliphatic carbocycles. The van der Waals surface area contributed by atoms with Gasteiger partial charge in [-0.1, -0.05) is 37.6 Å². The number of hydrogen-bond donors (Lipinski definition) is 3. The lowest BCUT2D eigenvalue weighted by atomic mass is 9.44. The molecule has 4 rings (SSSR count). The Balaban J connectivity index is 1.73. The molecule has 0 bridgehead atoms. The van der Waals surface area contributed by atoms with Crippen LogP contribution < -0.4 is 0 Å². The second kappa shape index (κ2) is 9.37. The number of allylic oxidation sites excluding steroid dienone is 3. The molecule has 4 aliphatic rings. The Bertz CT molecular complexity index is 1060. The van der Waals surface area contributed by atoms with Crippen molar-refractivity contribution in [3.63, 3.8) is 0 Å². The maximum Gasteiger partial charge on any atom is 0.330 e. The highest BCUT2D eigenvalue weighted by Crippen LogP contribution is 2.87. The van der Waals surface area contributed by atoms with Gasteiger partial charge in [-0.2, -0.15) is 0 Å². The first kappa shape index (κ1) is 28.1. The van der Waals surface area contributed by atoms with E-state index < -0.39 is 18.0 Å². The summed E-state index contributed by atoms with van der Waals surface area (Å²) >= 11 is 0. The lowest BCUT2D eigenvalue weighted by Crippen LogP contribution is -2.57. The molecule has 0 unspecified atom stereocenters. The third-order valence-electron chi connectivity index (χ3n) is 11.6. The Morgan fingerprint density at radius 3 is 2.38 bits per heavy atom. The van der Waals surface area contributed by atoms with E-state index in [2.05, 4.69) is 27.4 Å². The number of carboxylic acid groups (broad SMARTS) is 2. The van der Waals surface area contributed by atoms with Gasteiger partial charge in [-0.05, 0) is 111 Å². The molecule has 0 heterocycles. The van der Waals surface area contributed by atoms with Gasteiger partial charge in [0.05, 0.1) is 12.2 Å². The molecule has 8 atom stereocenters. The number of carboxylic acids is 2. The van der Waals surface area contributed by atoms with Crippen LogP contribution in [0.25, 0.3) is 0 Å². The first-order chi connectivity index (χ1) is 17.2. The van der Waals surface area contributed by atoms with E-state index in [9.17, 15) is 24.9 Å². The molecule has 3 N–H and O–H groups in total. The number of carbonyl (C=O) groups is 2. The second-order valence-corrected chi connectivity index (χ2v) is 13.2. The van der Waals surface area contributed by atoms with E-state index >= 15 is 0 Å². The summed E-state index contributed by atoms with van der Waals surface area (Å²) < 4.78 is 6.12. The molecule has 0 saturated heterocycles. The van der Waals surface area contributed by atoms with Crippen LogP contribution in [-0.2, 0) is 14.3 Å². The minimum atomic E-state index is -0.881. The molecule has 0 radical (unpaired) electrons. The van der Waals surface area contributed by atoms with Crippen molar-refractivity contribution in [2.45, 2.75) is 105 Å². The Morgan fingerprint density at radius 1 is 1.14 bits per heavy atom. The fourth-order valence-corrected chi connectivity index (χ4v) is 9.83. The molecule has 206 valence electrons. The Hall–Kier alpha value is -1.92. The van der Waals surface area contributed by atoms with E-state index in [1.807, 2.05) is 6.92 Å². The Morgan fingerprint density at radius 2 is 1.81 bits per heavy atom. The summed E-state index contributed by atoms with van der Waals surface area (Å²) in [4.78, 5) is 22.9. The average molecular weight is 515 g/mol. The number of aliphatic hydroxyl groups excluding tert-OH is 1. The monoisotopic (exact) mass is 514 g/mol. The standard InChI is InChI=1S/C31H46O6/c1-18(2)21-15-22(32)26-29(6)16-23(37-7)25(19(3)9-8-10-20(4)27(35)36)28(29,5)13-14-31(26)17-30(21,31)12-11-24(33)34/h10,21-23,26,32H,1,8-9,11-17H2,2-7H3,(H,33,34)(H,35,36)/b20-10-,25-19+/t21-,22-,23-,26-,28+,29-,30+,31-/m0/s1. The predicted molar refractivity (Wildman–Crippen MR) is 143 cm³/mol. The number of aliphatic hydroxyl groups is 1. The zero-order valence-corrected chi connectivity index (χ0v) is 23.5. The van der Waals surface area contributed by atoms with Crippen molar-refractivity contribution < 1.29 is 29.6 Å². The normalized spacial score (nSPS) is 43.9. The number of aliphatic carboxylic acids is 2. The summed E-state index contributed by atoms with van der Waals surface area (Å²) in [6, 6.07) is 0. The molecule has 4 fully saturated rings. The van der Waals surface area contributed by atoms with Crippen molar-refractivity contribution in [3.8, 4) is 0 Å².